The molecule has 0 saturated carbocycles. The number of nitrogens with two attached hydrogens (primary N) is 1. The largest absolute Gasteiger partial charge is 0.271 e. The summed E-state index contributed by atoms with van der Waals surface area (Å²) in [5, 5.41) is 0. The highest BCUT2D eigenvalue weighted by molar-refractivity contribution is 5.27. The first-order chi connectivity index (χ1) is 9.69. The van der Waals surface area contributed by atoms with E-state index in [1.807, 2.05) is 24.4 Å². The summed E-state index contributed by atoms with van der Waals surface area (Å²) in [6.07, 6.45) is 3.70. The fourth-order valence-electron chi connectivity index (χ4n) is 2.41. The van der Waals surface area contributed by atoms with Crippen LogP contribution in [0.4, 0.5) is 0 Å². The van der Waals surface area contributed by atoms with Gasteiger partial charge in [0, 0.05) is 18.3 Å². The average Bonchev–Trinajstić information content (AvgIpc) is 2.45. The normalized spacial score (nSPS) is 12.6. The Balaban J connectivity index is 2.15. The molecule has 106 valence electrons. The lowest BCUT2D eigenvalue weighted by atomic mass is 9.96. The number of aromatic nitrogens is 1. The Bertz CT molecular complexity index is 523. The van der Waals surface area contributed by atoms with Crippen LogP contribution in [-0.2, 0) is 12.8 Å². The molecule has 1 atom stereocenters. The van der Waals surface area contributed by atoms with Crippen LogP contribution in [0.15, 0.2) is 48.7 Å². The fraction of sp³-hybridized carbons (Fsp3) is 0.353. The van der Waals surface area contributed by atoms with E-state index in [0.29, 0.717) is 5.92 Å². The van der Waals surface area contributed by atoms with E-state index in [1.165, 1.54) is 11.1 Å². The van der Waals surface area contributed by atoms with Gasteiger partial charge in [0.25, 0.3) is 0 Å². The van der Waals surface area contributed by atoms with E-state index < -0.39 is 0 Å². The molecule has 0 bridgehead atoms. The third-order valence-electron chi connectivity index (χ3n) is 3.34. The van der Waals surface area contributed by atoms with Crippen molar-refractivity contribution < 1.29 is 0 Å². The molecule has 0 spiro atoms. The predicted octanol–water partition coefficient (Wildman–Crippen LogP) is 3.03. The summed E-state index contributed by atoms with van der Waals surface area (Å²) in [7, 11) is 0. The van der Waals surface area contributed by atoms with Gasteiger partial charge in [0.2, 0.25) is 0 Å². The number of hydrogen-bond donors (Lipinski definition) is 2. The second-order valence-corrected chi connectivity index (χ2v) is 5.59. The Morgan fingerprint density at radius 1 is 1.10 bits per heavy atom. The van der Waals surface area contributed by atoms with Gasteiger partial charge in [0.15, 0.2) is 0 Å². The van der Waals surface area contributed by atoms with Crippen molar-refractivity contribution in [1.29, 1.82) is 0 Å². The zero-order valence-corrected chi connectivity index (χ0v) is 12.2. The number of benzene rings is 1. The Labute approximate surface area is 121 Å². The summed E-state index contributed by atoms with van der Waals surface area (Å²) in [4.78, 5) is 4.37. The van der Waals surface area contributed by atoms with Crippen molar-refractivity contribution in [2.24, 2.45) is 11.8 Å². The Hall–Kier alpha value is -1.71. The number of hydrazine groups is 1. The molecule has 1 aromatic heterocycles. The van der Waals surface area contributed by atoms with E-state index in [1.54, 1.807) is 0 Å². The summed E-state index contributed by atoms with van der Waals surface area (Å²) in [5.74, 6) is 6.38. The number of pyridine rings is 1. The summed E-state index contributed by atoms with van der Waals surface area (Å²) in [5.41, 5.74) is 6.53. The van der Waals surface area contributed by atoms with Crippen molar-refractivity contribution in [1.82, 2.24) is 10.4 Å². The molecule has 3 nitrogen and oxygen atoms in total. The second kappa shape index (κ2) is 7.17. The minimum atomic E-state index is 0.0945. The average molecular weight is 269 g/mol. The van der Waals surface area contributed by atoms with Gasteiger partial charge in [0.05, 0.1) is 6.04 Å². The Morgan fingerprint density at radius 3 is 2.60 bits per heavy atom. The van der Waals surface area contributed by atoms with Crippen LogP contribution in [-0.4, -0.2) is 4.98 Å². The van der Waals surface area contributed by atoms with Gasteiger partial charge in [-0.25, -0.2) is 0 Å². The maximum absolute atomic E-state index is 5.73. The molecule has 2 aromatic rings. The molecule has 0 aliphatic heterocycles. The van der Waals surface area contributed by atoms with E-state index in [0.717, 1.165) is 18.5 Å². The van der Waals surface area contributed by atoms with E-state index >= 15 is 0 Å². The Kier molecular flexibility index (Phi) is 5.27. The SMILES string of the molecule is CC(C)Cc1cccc(C(Cc2ccccn2)NN)c1. The third kappa shape index (κ3) is 4.15. The molecule has 0 saturated heterocycles. The minimum absolute atomic E-state index is 0.0945. The highest BCUT2D eigenvalue weighted by Crippen LogP contribution is 2.19. The smallest absolute Gasteiger partial charge is 0.0515 e. The molecule has 3 N–H and O–H groups in total. The van der Waals surface area contributed by atoms with Crippen LogP contribution >= 0.6 is 0 Å². The quantitative estimate of drug-likeness (QED) is 0.626. The van der Waals surface area contributed by atoms with Gasteiger partial charge in [-0.1, -0.05) is 44.2 Å². The lowest BCUT2D eigenvalue weighted by Crippen LogP contribution is -2.29. The van der Waals surface area contributed by atoms with Gasteiger partial charge in [0.1, 0.15) is 0 Å². The Morgan fingerprint density at radius 2 is 1.95 bits per heavy atom. The van der Waals surface area contributed by atoms with E-state index in [9.17, 15) is 0 Å². The monoisotopic (exact) mass is 269 g/mol. The number of nitrogens with zero attached hydrogens (tertiary/aromatic N) is 1. The molecule has 0 aliphatic carbocycles. The highest BCUT2D eigenvalue weighted by Gasteiger charge is 2.12. The first-order valence-electron chi connectivity index (χ1n) is 7.14. The van der Waals surface area contributed by atoms with E-state index in [4.69, 9.17) is 5.84 Å². The van der Waals surface area contributed by atoms with Crippen molar-refractivity contribution in [2.45, 2.75) is 32.7 Å². The van der Waals surface area contributed by atoms with Crippen molar-refractivity contribution in [3.8, 4) is 0 Å². The third-order valence-corrected chi connectivity index (χ3v) is 3.34. The van der Waals surface area contributed by atoms with Gasteiger partial charge in [-0.05, 0) is 35.6 Å². The molecule has 0 fully saturated rings. The molecule has 2 rings (SSSR count). The number of nitrogens with one attached hydrogen (secondary N) is 1. The summed E-state index contributed by atoms with van der Waals surface area (Å²) >= 11 is 0. The van der Waals surface area contributed by atoms with Gasteiger partial charge in [-0.2, -0.15) is 0 Å². The van der Waals surface area contributed by atoms with Crippen LogP contribution in [0.1, 0.15) is 36.7 Å². The topological polar surface area (TPSA) is 50.9 Å². The number of hydrogen-bond acceptors (Lipinski definition) is 3. The van der Waals surface area contributed by atoms with Crippen molar-refractivity contribution in [2.75, 3.05) is 0 Å². The van der Waals surface area contributed by atoms with E-state index in [2.05, 4.69) is 48.5 Å². The van der Waals surface area contributed by atoms with E-state index in [-0.39, 0.29) is 6.04 Å². The first-order valence-corrected chi connectivity index (χ1v) is 7.14. The zero-order valence-electron chi connectivity index (χ0n) is 12.2. The highest BCUT2D eigenvalue weighted by atomic mass is 15.2. The second-order valence-electron chi connectivity index (χ2n) is 5.59. The summed E-state index contributed by atoms with van der Waals surface area (Å²) in [6.45, 7) is 4.47. The summed E-state index contributed by atoms with van der Waals surface area (Å²) in [6, 6.07) is 14.7. The number of rotatable bonds is 6. The van der Waals surface area contributed by atoms with Gasteiger partial charge in [-0.3, -0.25) is 16.3 Å². The molecule has 0 amide bonds. The molecule has 20 heavy (non-hydrogen) atoms. The van der Waals surface area contributed by atoms with Crippen LogP contribution in [0, 0.1) is 5.92 Å². The minimum Gasteiger partial charge on any atom is -0.271 e. The zero-order chi connectivity index (χ0) is 14.4. The summed E-state index contributed by atoms with van der Waals surface area (Å²) < 4.78 is 0. The van der Waals surface area contributed by atoms with Crippen molar-refractivity contribution >= 4 is 0 Å². The molecule has 1 heterocycles. The molecule has 3 heteroatoms. The van der Waals surface area contributed by atoms with Crippen LogP contribution in [0.25, 0.3) is 0 Å². The van der Waals surface area contributed by atoms with Gasteiger partial charge >= 0.3 is 0 Å². The van der Waals surface area contributed by atoms with Crippen molar-refractivity contribution in [3.63, 3.8) is 0 Å². The van der Waals surface area contributed by atoms with Crippen LogP contribution in [0.2, 0.25) is 0 Å². The van der Waals surface area contributed by atoms with Gasteiger partial charge < -0.3 is 0 Å². The molecule has 1 aromatic carbocycles. The van der Waals surface area contributed by atoms with Crippen molar-refractivity contribution in [3.05, 3.63) is 65.5 Å². The molecular weight excluding hydrogens is 246 g/mol. The van der Waals surface area contributed by atoms with Gasteiger partial charge in [-0.15, -0.1) is 0 Å². The fourth-order valence-corrected chi connectivity index (χ4v) is 2.41. The first kappa shape index (κ1) is 14.7. The lowest BCUT2D eigenvalue weighted by molar-refractivity contribution is 0.544. The standard InChI is InChI=1S/C17H23N3/c1-13(2)10-14-6-5-7-15(11-14)17(20-18)12-16-8-3-4-9-19-16/h3-9,11,13,17,20H,10,12,18H2,1-2H3. The predicted molar refractivity (Wildman–Crippen MR) is 83.0 cm³/mol. The van der Waals surface area contributed by atoms with Crippen LogP contribution in [0.3, 0.4) is 0 Å². The molecule has 1 unspecified atom stereocenters. The maximum atomic E-state index is 5.73. The molecular formula is C17H23N3. The lowest BCUT2D eigenvalue weighted by Gasteiger charge is -2.17. The van der Waals surface area contributed by atoms with Crippen LogP contribution in [0.5, 0.6) is 0 Å². The molecule has 0 aliphatic rings. The molecule has 0 radical (unpaired) electrons. The maximum Gasteiger partial charge on any atom is 0.0515 e. The van der Waals surface area contributed by atoms with Crippen LogP contribution < -0.4 is 11.3 Å².